The summed E-state index contributed by atoms with van der Waals surface area (Å²) in [4.78, 5) is 40.3. The van der Waals surface area contributed by atoms with Crippen LogP contribution >= 0.6 is 11.6 Å². The number of amides is 2. The molecule has 1 fully saturated rings. The number of carbonyl (C=O) groups is 3. The van der Waals surface area contributed by atoms with E-state index in [1.54, 1.807) is 53.4 Å². The van der Waals surface area contributed by atoms with E-state index in [0.717, 1.165) is 11.3 Å². The molecule has 0 bridgehead atoms. The molecule has 0 unspecified atom stereocenters. The number of nitrogens with one attached hydrogen (secondary N) is 1. The van der Waals surface area contributed by atoms with E-state index in [9.17, 15) is 14.4 Å². The Labute approximate surface area is 201 Å². The molecular weight excluding hydrogens is 458 g/mol. The van der Waals surface area contributed by atoms with Gasteiger partial charge in [-0.25, -0.2) is 4.79 Å². The molecule has 1 aliphatic rings. The molecule has 0 radical (unpaired) electrons. The van der Waals surface area contributed by atoms with Gasteiger partial charge in [-0.15, -0.1) is 0 Å². The summed E-state index contributed by atoms with van der Waals surface area (Å²) in [5, 5.41) is 12.4. The number of hydrogen-bond donors (Lipinski definition) is 2. The standard InChI is InChI=1S/C25H24ClN3O5/c26-19-7-8-21(28-11-13-29(14-12-28)24(31)22-2-1-15-34-22)20(16-19)23(30)27-10-9-17-3-5-18(6-4-17)25(32)33/h1-8,15-16H,9-14H2,(H,27,30)(H,32,33). The Morgan fingerprint density at radius 3 is 2.38 bits per heavy atom. The summed E-state index contributed by atoms with van der Waals surface area (Å²) >= 11 is 6.18. The van der Waals surface area contributed by atoms with E-state index in [1.807, 2.05) is 6.07 Å². The van der Waals surface area contributed by atoms with Crippen molar-refractivity contribution in [2.24, 2.45) is 0 Å². The van der Waals surface area contributed by atoms with Crippen LogP contribution in [0.5, 0.6) is 0 Å². The zero-order valence-corrected chi connectivity index (χ0v) is 19.1. The van der Waals surface area contributed by atoms with Crippen LogP contribution in [0.15, 0.2) is 65.3 Å². The zero-order valence-electron chi connectivity index (χ0n) is 18.4. The van der Waals surface area contributed by atoms with Crippen LogP contribution in [0, 0.1) is 0 Å². The monoisotopic (exact) mass is 481 g/mol. The summed E-state index contributed by atoms with van der Waals surface area (Å²) in [6.45, 7) is 2.56. The third kappa shape index (κ3) is 5.40. The Hall–Kier alpha value is -3.78. The minimum absolute atomic E-state index is 0.143. The molecule has 8 nitrogen and oxygen atoms in total. The third-order valence-corrected chi connectivity index (χ3v) is 5.98. The average Bonchev–Trinajstić information content (AvgIpc) is 3.39. The van der Waals surface area contributed by atoms with Crippen LogP contribution < -0.4 is 10.2 Å². The highest BCUT2D eigenvalue weighted by molar-refractivity contribution is 6.31. The molecule has 2 heterocycles. The molecule has 3 aromatic rings. The largest absolute Gasteiger partial charge is 0.478 e. The molecule has 2 N–H and O–H groups in total. The Balaban J connectivity index is 1.37. The normalized spacial score (nSPS) is 13.6. The van der Waals surface area contributed by atoms with Gasteiger partial charge in [-0.05, 0) is 54.4 Å². The van der Waals surface area contributed by atoms with Crippen molar-refractivity contribution in [3.05, 3.63) is 88.3 Å². The van der Waals surface area contributed by atoms with Crippen molar-refractivity contribution < 1.29 is 23.9 Å². The molecule has 1 aliphatic heterocycles. The lowest BCUT2D eigenvalue weighted by molar-refractivity contribution is 0.0693. The van der Waals surface area contributed by atoms with Crippen molar-refractivity contribution in [3.8, 4) is 0 Å². The number of carboxylic acids is 1. The second kappa shape index (κ2) is 10.4. The molecule has 0 atom stereocenters. The summed E-state index contributed by atoms with van der Waals surface area (Å²) in [5.74, 6) is -1.04. The molecule has 0 saturated carbocycles. The fourth-order valence-electron chi connectivity index (χ4n) is 3.90. The summed E-state index contributed by atoms with van der Waals surface area (Å²) < 4.78 is 5.21. The number of piperazine rings is 1. The smallest absolute Gasteiger partial charge is 0.335 e. The van der Waals surface area contributed by atoms with Gasteiger partial charge < -0.3 is 24.6 Å². The molecule has 176 valence electrons. The fraction of sp³-hybridized carbons (Fsp3) is 0.240. The Morgan fingerprint density at radius 2 is 1.74 bits per heavy atom. The predicted molar refractivity (Wildman–Crippen MR) is 128 cm³/mol. The summed E-state index contributed by atoms with van der Waals surface area (Å²) in [5.41, 5.74) is 2.38. The van der Waals surface area contributed by atoms with E-state index < -0.39 is 5.97 Å². The molecule has 4 rings (SSSR count). The van der Waals surface area contributed by atoms with Gasteiger partial charge in [-0.3, -0.25) is 9.59 Å². The Kier molecular flexibility index (Phi) is 7.18. The zero-order chi connectivity index (χ0) is 24.1. The lowest BCUT2D eigenvalue weighted by Crippen LogP contribution is -2.49. The van der Waals surface area contributed by atoms with Crippen LogP contribution in [0.25, 0.3) is 0 Å². The highest BCUT2D eigenvalue weighted by atomic mass is 35.5. The van der Waals surface area contributed by atoms with Crippen molar-refractivity contribution >= 4 is 35.1 Å². The Bertz CT molecular complexity index is 1170. The van der Waals surface area contributed by atoms with Crippen molar-refractivity contribution in [1.29, 1.82) is 0 Å². The number of furan rings is 1. The number of carbonyl (C=O) groups excluding carboxylic acids is 2. The van der Waals surface area contributed by atoms with Gasteiger partial charge in [0.15, 0.2) is 5.76 Å². The first-order valence-corrected chi connectivity index (χ1v) is 11.3. The molecule has 1 saturated heterocycles. The van der Waals surface area contributed by atoms with Crippen molar-refractivity contribution in [1.82, 2.24) is 10.2 Å². The van der Waals surface area contributed by atoms with Gasteiger partial charge in [-0.1, -0.05) is 23.7 Å². The molecule has 34 heavy (non-hydrogen) atoms. The first-order valence-electron chi connectivity index (χ1n) is 10.9. The molecule has 1 aromatic heterocycles. The minimum atomic E-state index is -0.973. The number of aromatic carboxylic acids is 1. The summed E-state index contributed by atoms with van der Waals surface area (Å²) in [7, 11) is 0. The first-order chi connectivity index (χ1) is 16.4. The summed E-state index contributed by atoms with van der Waals surface area (Å²) in [6, 6.07) is 15.1. The van der Waals surface area contributed by atoms with Crippen molar-refractivity contribution in [2.45, 2.75) is 6.42 Å². The number of benzene rings is 2. The van der Waals surface area contributed by atoms with E-state index in [-0.39, 0.29) is 17.4 Å². The van der Waals surface area contributed by atoms with Gasteiger partial charge in [0.25, 0.3) is 11.8 Å². The molecule has 2 aromatic carbocycles. The summed E-state index contributed by atoms with van der Waals surface area (Å²) in [6.07, 6.45) is 2.04. The van der Waals surface area contributed by atoms with E-state index >= 15 is 0 Å². The molecule has 0 aliphatic carbocycles. The Morgan fingerprint density at radius 1 is 1.00 bits per heavy atom. The highest BCUT2D eigenvalue weighted by Crippen LogP contribution is 2.26. The van der Waals surface area contributed by atoms with Gasteiger partial charge in [-0.2, -0.15) is 0 Å². The van der Waals surface area contributed by atoms with Crippen LogP contribution in [0.2, 0.25) is 5.02 Å². The number of anilines is 1. The van der Waals surface area contributed by atoms with E-state index in [4.69, 9.17) is 21.1 Å². The lowest BCUT2D eigenvalue weighted by Gasteiger charge is -2.36. The molecular formula is C25H24ClN3O5. The maximum absolute atomic E-state index is 13.0. The van der Waals surface area contributed by atoms with Gasteiger partial charge >= 0.3 is 5.97 Å². The third-order valence-electron chi connectivity index (χ3n) is 5.74. The van der Waals surface area contributed by atoms with E-state index in [1.165, 1.54) is 6.26 Å². The van der Waals surface area contributed by atoms with Crippen molar-refractivity contribution in [2.75, 3.05) is 37.6 Å². The van der Waals surface area contributed by atoms with Crippen LogP contribution in [0.1, 0.15) is 36.8 Å². The number of halogens is 1. The molecule has 0 spiro atoms. The van der Waals surface area contributed by atoms with Gasteiger partial charge in [0.1, 0.15) is 0 Å². The van der Waals surface area contributed by atoms with E-state index in [0.29, 0.717) is 55.5 Å². The lowest BCUT2D eigenvalue weighted by atomic mass is 10.1. The van der Waals surface area contributed by atoms with E-state index in [2.05, 4.69) is 10.2 Å². The van der Waals surface area contributed by atoms with Gasteiger partial charge in [0, 0.05) is 43.4 Å². The maximum Gasteiger partial charge on any atom is 0.335 e. The second-order valence-corrected chi connectivity index (χ2v) is 8.36. The number of nitrogens with zero attached hydrogens (tertiary/aromatic N) is 2. The molecule has 9 heteroatoms. The highest BCUT2D eigenvalue weighted by Gasteiger charge is 2.26. The first kappa shape index (κ1) is 23.4. The fourth-order valence-corrected chi connectivity index (χ4v) is 4.07. The van der Waals surface area contributed by atoms with Gasteiger partial charge in [0.2, 0.25) is 0 Å². The number of rotatable bonds is 7. The van der Waals surface area contributed by atoms with Crippen LogP contribution in [-0.2, 0) is 6.42 Å². The topological polar surface area (TPSA) is 103 Å². The number of hydrogen-bond acceptors (Lipinski definition) is 5. The quantitative estimate of drug-likeness (QED) is 0.535. The van der Waals surface area contributed by atoms with Gasteiger partial charge in [0.05, 0.1) is 17.4 Å². The second-order valence-electron chi connectivity index (χ2n) is 7.93. The minimum Gasteiger partial charge on any atom is -0.478 e. The molecule has 2 amide bonds. The van der Waals surface area contributed by atoms with Crippen LogP contribution in [-0.4, -0.2) is 60.5 Å². The SMILES string of the molecule is O=C(O)c1ccc(CCNC(=O)c2cc(Cl)ccc2N2CCN(C(=O)c3ccco3)CC2)cc1. The van der Waals surface area contributed by atoms with Crippen LogP contribution in [0.4, 0.5) is 5.69 Å². The average molecular weight is 482 g/mol. The predicted octanol–water partition coefficient (Wildman–Crippen LogP) is 3.57. The maximum atomic E-state index is 13.0. The van der Waals surface area contributed by atoms with Crippen LogP contribution in [0.3, 0.4) is 0 Å². The van der Waals surface area contributed by atoms with Crippen molar-refractivity contribution in [3.63, 3.8) is 0 Å². The number of carboxylic acid groups (broad SMARTS) is 1.